The van der Waals surface area contributed by atoms with Gasteiger partial charge in [-0.2, -0.15) is 0 Å². The molecule has 0 atom stereocenters. The van der Waals surface area contributed by atoms with Crippen LogP contribution in [0, 0.1) is 0 Å². The van der Waals surface area contributed by atoms with Gasteiger partial charge in [-0.3, -0.25) is 4.79 Å². The fourth-order valence-corrected chi connectivity index (χ4v) is 3.40. The normalized spacial score (nSPS) is 11.1. The summed E-state index contributed by atoms with van der Waals surface area (Å²) in [6.45, 7) is 3.77. The third-order valence-corrected chi connectivity index (χ3v) is 4.85. The van der Waals surface area contributed by atoms with Crippen molar-refractivity contribution < 1.29 is 9.21 Å². The first-order valence-corrected chi connectivity index (χ1v) is 10.1. The van der Waals surface area contributed by atoms with Gasteiger partial charge in [0.2, 0.25) is 0 Å². The number of amides is 1. The van der Waals surface area contributed by atoms with E-state index in [1.165, 1.54) is 43.9 Å². The van der Waals surface area contributed by atoms with Crippen molar-refractivity contribution in [1.82, 2.24) is 14.9 Å². The molecule has 0 spiro atoms. The van der Waals surface area contributed by atoms with E-state index in [2.05, 4.69) is 35.0 Å². The predicted molar refractivity (Wildman–Crippen MR) is 108 cm³/mol. The number of fused-ring (bicyclic) bond motifs is 1. The van der Waals surface area contributed by atoms with Gasteiger partial charge < -0.3 is 14.3 Å². The van der Waals surface area contributed by atoms with Gasteiger partial charge in [0.1, 0.15) is 5.82 Å². The molecule has 1 aromatic carbocycles. The van der Waals surface area contributed by atoms with E-state index in [1.807, 2.05) is 6.07 Å². The lowest BCUT2D eigenvalue weighted by Crippen LogP contribution is -2.26. The van der Waals surface area contributed by atoms with Gasteiger partial charge >= 0.3 is 0 Å². The number of imidazole rings is 1. The van der Waals surface area contributed by atoms with Crippen molar-refractivity contribution in [3.63, 3.8) is 0 Å². The zero-order valence-electron chi connectivity index (χ0n) is 16.1. The lowest BCUT2D eigenvalue weighted by molar-refractivity contribution is 0.0926. The zero-order chi connectivity index (χ0) is 18.9. The highest BCUT2D eigenvalue weighted by Crippen LogP contribution is 2.18. The van der Waals surface area contributed by atoms with Gasteiger partial charge in [-0.05, 0) is 30.7 Å². The molecule has 2 aromatic heterocycles. The number of carbonyl (C=O) groups excluding carboxylic acids is 1. The summed E-state index contributed by atoms with van der Waals surface area (Å²) >= 11 is 0. The van der Waals surface area contributed by atoms with Gasteiger partial charge in [0.05, 0.1) is 17.3 Å². The van der Waals surface area contributed by atoms with Crippen LogP contribution in [0.2, 0.25) is 0 Å². The average Bonchev–Trinajstić information content (AvgIpc) is 3.33. The number of rotatable bonds is 11. The summed E-state index contributed by atoms with van der Waals surface area (Å²) in [5.74, 6) is 1.19. The number of carbonyl (C=O) groups is 1. The molecule has 0 unspecified atom stereocenters. The van der Waals surface area contributed by atoms with E-state index >= 15 is 0 Å². The smallest absolute Gasteiger partial charge is 0.286 e. The van der Waals surface area contributed by atoms with Crippen LogP contribution in [0.25, 0.3) is 11.0 Å². The molecule has 3 aromatic rings. The Kier molecular flexibility index (Phi) is 7.08. The molecule has 5 heteroatoms. The van der Waals surface area contributed by atoms with E-state index in [-0.39, 0.29) is 5.91 Å². The molecule has 1 N–H and O–H groups in total. The van der Waals surface area contributed by atoms with E-state index in [4.69, 9.17) is 9.40 Å². The third-order valence-electron chi connectivity index (χ3n) is 4.85. The SMILES string of the molecule is CCCCCCCCn1c(CCNC(=O)c2ccco2)nc2ccccc21. The second-order valence-corrected chi connectivity index (χ2v) is 6.92. The van der Waals surface area contributed by atoms with Gasteiger partial charge in [0.25, 0.3) is 5.91 Å². The Morgan fingerprint density at radius 2 is 1.89 bits per heavy atom. The molecular weight excluding hydrogens is 338 g/mol. The van der Waals surface area contributed by atoms with Crippen molar-refractivity contribution >= 4 is 16.9 Å². The average molecular weight is 367 g/mol. The van der Waals surface area contributed by atoms with Gasteiger partial charge in [-0.15, -0.1) is 0 Å². The fraction of sp³-hybridized carbons (Fsp3) is 0.455. The van der Waals surface area contributed by atoms with E-state index in [0.29, 0.717) is 18.7 Å². The van der Waals surface area contributed by atoms with E-state index in [9.17, 15) is 4.79 Å². The van der Waals surface area contributed by atoms with Crippen LogP contribution in [0.1, 0.15) is 61.8 Å². The molecule has 27 heavy (non-hydrogen) atoms. The number of aryl methyl sites for hydroxylation is 1. The molecule has 0 saturated carbocycles. The minimum absolute atomic E-state index is 0.182. The van der Waals surface area contributed by atoms with Crippen LogP contribution in [0.15, 0.2) is 47.1 Å². The fourth-order valence-electron chi connectivity index (χ4n) is 3.40. The van der Waals surface area contributed by atoms with Crippen molar-refractivity contribution in [3.8, 4) is 0 Å². The summed E-state index contributed by atoms with van der Waals surface area (Å²) in [5.41, 5.74) is 2.20. The van der Waals surface area contributed by atoms with E-state index < -0.39 is 0 Å². The summed E-state index contributed by atoms with van der Waals surface area (Å²) in [4.78, 5) is 16.8. The molecule has 0 bridgehead atoms. The van der Waals surface area contributed by atoms with Crippen molar-refractivity contribution in [2.75, 3.05) is 6.54 Å². The monoisotopic (exact) mass is 367 g/mol. The van der Waals surface area contributed by atoms with Crippen molar-refractivity contribution in [2.24, 2.45) is 0 Å². The number of hydrogen-bond acceptors (Lipinski definition) is 3. The highest BCUT2D eigenvalue weighted by molar-refractivity contribution is 5.91. The Hall–Kier alpha value is -2.56. The number of nitrogens with one attached hydrogen (secondary N) is 1. The van der Waals surface area contributed by atoms with Gasteiger partial charge in [0, 0.05) is 19.5 Å². The Labute approximate surface area is 160 Å². The first-order valence-electron chi connectivity index (χ1n) is 10.1. The van der Waals surface area contributed by atoms with Crippen molar-refractivity contribution in [1.29, 1.82) is 0 Å². The number of benzene rings is 1. The molecular formula is C22H29N3O2. The number of furan rings is 1. The summed E-state index contributed by atoms with van der Waals surface area (Å²) in [7, 11) is 0. The summed E-state index contributed by atoms with van der Waals surface area (Å²) in [5, 5.41) is 2.91. The number of nitrogens with zero attached hydrogens (tertiary/aromatic N) is 2. The maximum atomic E-state index is 12.0. The minimum atomic E-state index is -0.182. The zero-order valence-corrected chi connectivity index (χ0v) is 16.1. The second kappa shape index (κ2) is 9.95. The first kappa shape index (κ1) is 19.2. The topological polar surface area (TPSA) is 60.1 Å². The maximum Gasteiger partial charge on any atom is 0.286 e. The Morgan fingerprint density at radius 3 is 2.70 bits per heavy atom. The summed E-state index contributed by atoms with van der Waals surface area (Å²) in [6.07, 6.45) is 9.86. The predicted octanol–water partition coefficient (Wildman–Crippen LogP) is 4.96. The third kappa shape index (κ3) is 5.22. The molecule has 3 rings (SSSR count). The van der Waals surface area contributed by atoms with Gasteiger partial charge in [-0.1, -0.05) is 51.2 Å². The molecule has 2 heterocycles. The number of para-hydroxylation sites is 2. The number of hydrogen-bond donors (Lipinski definition) is 1. The van der Waals surface area contributed by atoms with E-state index in [1.54, 1.807) is 12.1 Å². The molecule has 0 radical (unpaired) electrons. The van der Waals surface area contributed by atoms with Crippen molar-refractivity contribution in [3.05, 3.63) is 54.2 Å². The highest BCUT2D eigenvalue weighted by Gasteiger charge is 2.12. The highest BCUT2D eigenvalue weighted by atomic mass is 16.3. The second-order valence-electron chi connectivity index (χ2n) is 6.92. The van der Waals surface area contributed by atoms with Crippen LogP contribution in [0.4, 0.5) is 0 Å². The maximum absolute atomic E-state index is 12.0. The van der Waals surface area contributed by atoms with Crippen LogP contribution < -0.4 is 5.32 Å². The largest absolute Gasteiger partial charge is 0.459 e. The summed E-state index contributed by atoms with van der Waals surface area (Å²) < 4.78 is 7.44. The molecule has 5 nitrogen and oxygen atoms in total. The van der Waals surface area contributed by atoms with Gasteiger partial charge in [0.15, 0.2) is 5.76 Å². The van der Waals surface area contributed by atoms with Crippen LogP contribution in [0.5, 0.6) is 0 Å². The molecule has 144 valence electrons. The molecule has 0 fully saturated rings. The molecule has 0 saturated heterocycles. The van der Waals surface area contributed by atoms with Crippen LogP contribution >= 0.6 is 0 Å². The standard InChI is InChI=1S/C22H29N3O2/c1-2-3-4-5-6-9-16-25-19-12-8-7-11-18(19)24-21(25)14-15-23-22(26)20-13-10-17-27-20/h7-8,10-13,17H,2-6,9,14-16H2,1H3,(H,23,26). The lowest BCUT2D eigenvalue weighted by Gasteiger charge is -2.10. The van der Waals surface area contributed by atoms with Crippen molar-refractivity contribution in [2.45, 2.75) is 58.4 Å². The number of aromatic nitrogens is 2. The Balaban J connectivity index is 1.59. The minimum Gasteiger partial charge on any atom is -0.459 e. The molecule has 1 amide bonds. The lowest BCUT2D eigenvalue weighted by atomic mass is 10.1. The quantitative estimate of drug-likeness (QED) is 0.487. The Morgan fingerprint density at radius 1 is 1.07 bits per heavy atom. The molecule has 0 aliphatic rings. The number of unbranched alkanes of at least 4 members (excludes halogenated alkanes) is 5. The van der Waals surface area contributed by atoms with Crippen LogP contribution in [-0.2, 0) is 13.0 Å². The van der Waals surface area contributed by atoms with E-state index in [0.717, 1.165) is 24.3 Å². The van der Waals surface area contributed by atoms with Gasteiger partial charge in [-0.25, -0.2) is 4.98 Å². The molecule has 0 aliphatic carbocycles. The Bertz CT molecular complexity index is 836. The van der Waals surface area contributed by atoms with Crippen LogP contribution in [-0.4, -0.2) is 22.0 Å². The van der Waals surface area contributed by atoms with Crippen LogP contribution in [0.3, 0.4) is 0 Å². The summed E-state index contributed by atoms with van der Waals surface area (Å²) in [6, 6.07) is 11.7. The molecule has 0 aliphatic heterocycles. The first-order chi connectivity index (χ1) is 13.3.